The van der Waals surface area contributed by atoms with Crippen molar-refractivity contribution < 1.29 is 37.2 Å². The Morgan fingerprint density at radius 3 is 2.68 bits per heavy atom. The molecule has 2 heterocycles. The van der Waals surface area contributed by atoms with Crippen molar-refractivity contribution in [1.82, 2.24) is 9.97 Å². The van der Waals surface area contributed by atoms with Crippen molar-refractivity contribution in [2.24, 2.45) is 0 Å². The van der Waals surface area contributed by atoms with E-state index in [0.717, 1.165) is 6.33 Å². The topological polar surface area (TPSA) is 138 Å². The minimum absolute atomic E-state index is 0.0847. The van der Waals surface area contributed by atoms with E-state index in [2.05, 4.69) is 14.7 Å². The molecule has 2 N–H and O–H groups in total. The van der Waals surface area contributed by atoms with Gasteiger partial charge in [0, 0.05) is 12.1 Å². The molecule has 2 aromatic carbocycles. The van der Waals surface area contributed by atoms with Gasteiger partial charge in [-0.15, -0.1) is 0 Å². The molecule has 1 aromatic heterocycles. The van der Waals surface area contributed by atoms with Gasteiger partial charge in [0.1, 0.15) is 37.6 Å². The zero-order valence-electron chi connectivity index (χ0n) is 17.9. The maximum Gasteiger partial charge on any atom is 0.263 e. The van der Waals surface area contributed by atoms with Gasteiger partial charge in [-0.05, 0) is 24.3 Å². The van der Waals surface area contributed by atoms with E-state index in [1.165, 1.54) is 31.4 Å². The molecule has 180 valence electrons. The van der Waals surface area contributed by atoms with E-state index in [9.17, 15) is 8.42 Å². The van der Waals surface area contributed by atoms with Gasteiger partial charge in [-0.2, -0.15) is 4.98 Å². The quantitative estimate of drug-likeness (QED) is 0.442. The molecule has 0 atom stereocenters. The molecule has 0 saturated heterocycles. The van der Waals surface area contributed by atoms with Crippen molar-refractivity contribution in [3.8, 4) is 34.6 Å². The summed E-state index contributed by atoms with van der Waals surface area (Å²) in [6.07, 6.45) is 1.09. The highest BCUT2D eigenvalue weighted by Gasteiger charge is 2.25. The summed E-state index contributed by atoms with van der Waals surface area (Å²) in [6, 6.07) is 8.91. The molecule has 0 aliphatic carbocycles. The van der Waals surface area contributed by atoms with Gasteiger partial charge in [0.25, 0.3) is 15.9 Å². The summed E-state index contributed by atoms with van der Waals surface area (Å²) in [5.74, 6) is 0.871. The predicted octanol–water partition coefficient (Wildman–Crippen LogP) is 2.87. The minimum Gasteiger partial charge on any atom is -0.497 e. The summed E-state index contributed by atoms with van der Waals surface area (Å²) in [4.78, 5) is 7.92. The first-order valence-electron chi connectivity index (χ1n) is 9.94. The number of benzene rings is 2. The molecule has 3 aromatic rings. The first kappa shape index (κ1) is 23.7. The van der Waals surface area contributed by atoms with Crippen molar-refractivity contribution in [1.29, 1.82) is 0 Å². The lowest BCUT2D eigenvalue weighted by atomic mass is 10.3. The van der Waals surface area contributed by atoms with Crippen molar-refractivity contribution in [2.45, 2.75) is 4.90 Å². The molecule has 1 aliphatic heterocycles. The highest BCUT2D eigenvalue weighted by Crippen LogP contribution is 2.41. The largest absolute Gasteiger partial charge is 0.497 e. The fourth-order valence-corrected chi connectivity index (χ4v) is 4.13. The first-order valence-corrected chi connectivity index (χ1v) is 11.8. The number of hydrogen-bond acceptors (Lipinski definition) is 10. The van der Waals surface area contributed by atoms with E-state index in [-0.39, 0.29) is 46.3 Å². The number of ether oxygens (including phenoxy) is 5. The lowest BCUT2D eigenvalue weighted by Gasteiger charge is -2.19. The van der Waals surface area contributed by atoms with Crippen molar-refractivity contribution in [3.63, 3.8) is 0 Å². The zero-order valence-corrected chi connectivity index (χ0v) is 19.4. The Balaban J connectivity index is 1.71. The molecule has 0 fully saturated rings. The predicted molar refractivity (Wildman–Crippen MR) is 121 cm³/mol. The molecule has 0 unspecified atom stereocenters. The number of aliphatic hydroxyl groups excluding tert-OH is 1. The Hall–Kier alpha value is -3.48. The minimum atomic E-state index is -4.14. The van der Waals surface area contributed by atoms with Crippen LogP contribution in [0.3, 0.4) is 0 Å². The van der Waals surface area contributed by atoms with Gasteiger partial charge in [-0.25, -0.2) is 13.4 Å². The second-order valence-electron chi connectivity index (χ2n) is 6.74. The van der Waals surface area contributed by atoms with Crippen LogP contribution in [0.1, 0.15) is 0 Å². The number of nitrogens with one attached hydrogen (secondary N) is 1. The molecule has 11 nitrogen and oxygen atoms in total. The van der Waals surface area contributed by atoms with Crippen LogP contribution >= 0.6 is 11.6 Å². The van der Waals surface area contributed by atoms with Crippen LogP contribution in [0.15, 0.2) is 47.6 Å². The number of methoxy groups -OCH3 is 1. The van der Waals surface area contributed by atoms with E-state index < -0.39 is 10.0 Å². The number of rotatable bonds is 9. The van der Waals surface area contributed by atoms with Gasteiger partial charge in [0.2, 0.25) is 5.75 Å². The Labute approximate surface area is 200 Å². The highest BCUT2D eigenvalue weighted by atomic mass is 35.5. The molecule has 0 radical (unpaired) electrons. The fourth-order valence-electron chi connectivity index (χ4n) is 2.94. The Morgan fingerprint density at radius 1 is 1.12 bits per heavy atom. The number of aromatic nitrogens is 2. The number of anilines is 1. The standard InChI is InChI=1S/C21H20ClN3O8S/c1-29-13-2-4-15(22)17(10-13)33-19-20(23-12-24-21(19)32-7-6-26)25-34(27,28)14-3-5-16-18(11-14)31-9-8-30-16/h2-5,10-12,26H,6-9H2,1H3,(H,23,24,25). The summed E-state index contributed by atoms with van der Waals surface area (Å²) >= 11 is 6.24. The molecule has 0 amide bonds. The summed E-state index contributed by atoms with van der Waals surface area (Å²) in [5, 5.41) is 9.36. The Bertz CT molecular complexity index is 1290. The smallest absolute Gasteiger partial charge is 0.263 e. The maximum absolute atomic E-state index is 13.1. The first-order chi connectivity index (χ1) is 16.4. The van der Waals surface area contributed by atoms with Gasteiger partial charge in [0.15, 0.2) is 17.3 Å². The van der Waals surface area contributed by atoms with Crippen molar-refractivity contribution in [2.75, 3.05) is 38.3 Å². The third-order valence-electron chi connectivity index (χ3n) is 4.51. The number of halogens is 1. The number of aliphatic hydroxyl groups is 1. The fraction of sp³-hybridized carbons (Fsp3) is 0.238. The van der Waals surface area contributed by atoms with Gasteiger partial charge in [-0.3, -0.25) is 4.72 Å². The highest BCUT2D eigenvalue weighted by molar-refractivity contribution is 7.92. The van der Waals surface area contributed by atoms with Crippen molar-refractivity contribution in [3.05, 3.63) is 47.7 Å². The Kier molecular flexibility index (Phi) is 7.10. The number of sulfonamides is 1. The van der Waals surface area contributed by atoms with Crippen LogP contribution in [0.5, 0.6) is 34.6 Å². The number of nitrogens with zero attached hydrogens (tertiary/aromatic N) is 2. The summed E-state index contributed by atoms with van der Waals surface area (Å²) in [7, 11) is -2.67. The normalized spacial score (nSPS) is 12.7. The molecule has 34 heavy (non-hydrogen) atoms. The average Bonchev–Trinajstić information content (AvgIpc) is 2.85. The summed E-state index contributed by atoms with van der Waals surface area (Å²) < 4.78 is 56.0. The van der Waals surface area contributed by atoms with E-state index >= 15 is 0 Å². The van der Waals surface area contributed by atoms with Gasteiger partial charge >= 0.3 is 0 Å². The van der Waals surface area contributed by atoms with E-state index in [0.29, 0.717) is 30.5 Å². The zero-order chi connectivity index (χ0) is 24.1. The van der Waals surface area contributed by atoms with Crippen LogP contribution in [-0.4, -0.2) is 57.0 Å². The number of hydrogen-bond donors (Lipinski definition) is 2. The Morgan fingerprint density at radius 2 is 1.91 bits per heavy atom. The molecule has 0 saturated carbocycles. The van der Waals surface area contributed by atoms with Crippen LogP contribution in [0.4, 0.5) is 5.82 Å². The van der Waals surface area contributed by atoms with Crippen LogP contribution in [0.2, 0.25) is 5.02 Å². The monoisotopic (exact) mass is 509 g/mol. The molecular formula is C21H20ClN3O8S. The third kappa shape index (κ3) is 5.19. The van der Waals surface area contributed by atoms with Crippen molar-refractivity contribution >= 4 is 27.4 Å². The summed E-state index contributed by atoms with van der Waals surface area (Å²) in [6.45, 7) is 0.262. The van der Waals surface area contributed by atoms with Crippen LogP contribution < -0.4 is 28.4 Å². The molecule has 0 spiro atoms. The van der Waals surface area contributed by atoms with E-state index in [1.807, 2.05) is 0 Å². The molecular weight excluding hydrogens is 490 g/mol. The van der Waals surface area contributed by atoms with Gasteiger partial charge in [0.05, 0.1) is 23.6 Å². The molecule has 1 aliphatic rings. The van der Waals surface area contributed by atoms with Gasteiger partial charge in [-0.1, -0.05) is 11.6 Å². The number of fused-ring (bicyclic) bond motifs is 1. The molecule has 4 rings (SSSR count). The lowest BCUT2D eigenvalue weighted by Crippen LogP contribution is -2.18. The maximum atomic E-state index is 13.1. The van der Waals surface area contributed by atoms with Crippen LogP contribution in [0, 0.1) is 0 Å². The second-order valence-corrected chi connectivity index (χ2v) is 8.83. The summed E-state index contributed by atoms with van der Waals surface area (Å²) in [5.41, 5.74) is 0. The van der Waals surface area contributed by atoms with Crippen LogP contribution in [-0.2, 0) is 10.0 Å². The molecule has 0 bridgehead atoms. The SMILES string of the molecule is COc1ccc(Cl)c(Oc2c(NS(=O)(=O)c3ccc4c(c3)OCCO4)ncnc2OCCO)c1. The average molecular weight is 510 g/mol. The van der Waals surface area contributed by atoms with E-state index in [4.69, 9.17) is 40.4 Å². The second kappa shape index (κ2) is 10.2. The third-order valence-corrected chi connectivity index (χ3v) is 6.16. The van der Waals surface area contributed by atoms with Gasteiger partial charge < -0.3 is 28.8 Å². The lowest BCUT2D eigenvalue weighted by molar-refractivity contribution is 0.171. The van der Waals surface area contributed by atoms with Crippen LogP contribution in [0.25, 0.3) is 0 Å². The molecule has 13 heteroatoms. The van der Waals surface area contributed by atoms with E-state index in [1.54, 1.807) is 12.1 Å².